The van der Waals surface area contributed by atoms with Crippen molar-refractivity contribution in [2.75, 3.05) is 25.2 Å². The zero-order valence-corrected chi connectivity index (χ0v) is 14.4. The van der Waals surface area contributed by atoms with E-state index in [1.807, 2.05) is 0 Å². The molecular weight excluding hydrogens is 350 g/mol. The number of benzene rings is 1. The number of carbonyl (C=O) groups excluding carboxylic acids is 2. The van der Waals surface area contributed by atoms with Crippen molar-refractivity contribution < 1.29 is 32.6 Å². The second-order valence-corrected chi connectivity index (χ2v) is 7.77. The third kappa shape index (κ3) is 5.79. The van der Waals surface area contributed by atoms with Gasteiger partial charge < -0.3 is 19.9 Å². The smallest absolute Gasteiger partial charge is 0.331 e. The van der Waals surface area contributed by atoms with E-state index in [1.165, 1.54) is 25.3 Å². The van der Waals surface area contributed by atoms with E-state index in [9.17, 15) is 23.1 Å². The number of sulfone groups is 1. The number of phenolic OH excluding ortho intramolecular Hbond substituents is 1. The standard InChI is InChI=1S/C16H19NO7S/c1-23-14-8-11(2-4-13(14)18)3-5-16(20)24-9-15(19)17-12-6-7-25(21,22)10-12/h2-5,8,12,18H,6-7,9-10H2,1H3,(H,17,19)/b5-3+. The van der Waals surface area contributed by atoms with Gasteiger partial charge >= 0.3 is 5.97 Å². The van der Waals surface area contributed by atoms with Gasteiger partial charge in [0.15, 0.2) is 27.9 Å². The molecule has 1 amide bonds. The lowest BCUT2D eigenvalue weighted by atomic mass is 10.2. The number of nitrogens with one attached hydrogen (secondary N) is 1. The molecule has 1 aromatic rings. The molecule has 1 aromatic carbocycles. The summed E-state index contributed by atoms with van der Waals surface area (Å²) in [6.45, 7) is -0.487. The summed E-state index contributed by atoms with van der Waals surface area (Å²) in [4.78, 5) is 23.3. The Bertz CT molecular complexity index is 786. The number of hydrogen-bond donors (Lipinski definition) is 2. The molecule has 1 saturated heterocycles. The van der Waals surface area contributed by atoms with Crippen LogP contribution in [-0.2, 0) is 24.2 Å². The van der Waals surface area contributed by atoms with Crippen molar-refractivity contribution in [3.05, 3.63) is 29.8 Å². The second-order valence-electron chi connectivity index (χ2n) is 5.54. The van der Waals surface area contributed by atoms with Gasteiger partial charge in [0.2, 0.25) is 0 Å². The molecule has 1 atom stereocenters. The highest BCUT2D eigenvalue weighted by atomic mass is 32.2. The molecular formula is C16H19NO7S. The van der Waals surface area contributed by atoms with E-state index in [1.54, 1.807) is 6.07 Å². The average Bonchev–Trinajstić information content (AvgIpc) is 2.90. The number of methoxy groups -OCH3 is 1. The van der Waals surface area contributed by atoms with Crippen molar-refractivity contribution in [3.8, 4) is 11.5 Å². The first-order valence-corrected chi connectivity index (χ1v) is 9.33. The fourth-order valence-corrected chi connectivity index (χ4v) is 4.00. The maximum Gasteiger partial charge on any atom is 0.331 e. The minimum Gasteiger partial charge on any atom is -0.504 e. The first-order chi connectivity index (χ1) is 11.8. The quantitative estimate of drug-likeness (QED) is 0.545. The Morgan fingerprint density at radius 1 is 1.40 bits per heavy atom. The van der Waals surface area contributed by atoms with E-state index in [0.29, 0.717) is 12.0 Å². The zero-order chi connectivity index (χ0) is 18.4. The summed E-state index contributed by atoms with van der Waals surface area (Å²) in [6, 6.07) is 4.10. The van der Waals surface area contributed by atoms with Crippen LogP contribution >= 0.6 is 0 Å². The van der Waals surface area contributed by atoms with Crippen molar-refractivity contribution >= 4 is 27.8 Å². The SMILES string of the molecule is COc1cc(/C=C/C(=O)OCC(=O)NC2CCS(=O)(=O)C2)ccc1O. The van der Waals surface area contributed by atoms with E-state index in [-0.39, 0.29) is 23.0 Å². The Balaban J connectivity index is 1.79. The highest BCUT2D eigenvalue weighted by Gasteiger charge is 2.28. The van der Waals surface area contributed by atoms with Crippen LogP contribution < -0.4 is 10.1 Å². The monoisotopic (exact) mass is 369 g/mol. The van der Waals surface area contributed by atoms with E-state index in [2.05, 4.69) is 5.32 Å². The lowest BCUT2D eigenvalue weighted by molar-refractivity contribution is -0.143. The molecule has 1 aliphatic heterocycles. The van der Waals surface area contributed by atoms with E-state index in [4.69, 9.17) is 9.47 Å². The molecule has 0 aliphatic carbocycles. The van der Waals surface area contributed by atoms with Crippen LogP contribution in [0.1, 0.15) is 12.0 Å². The van der Waals surface area contributed by atoms with Crippen LogP contribution in [0.2, 0.25) is 0 Å². The number of phenols is 1. The molecule has 2 rings (SSSR count). The molecule has 0 bridgehead atoms. The molecule has 0 saturated carbocycles. The fraction of sp³-hybridized carbons (Fsp3) is 0.375. The molecule has 0 spiro atoms. The summed E-state index contributed by atoms with van der Waals surface area (Å²) >= 11 is 0. The van der Waals surface area contributed by atoms with E-state index in [0.717, 1.165) is 6.08 Å². The Morgan fingerprint density at radius 3 is 2.80 bits per heavy atom. The predicted octanol–water partition coefficient (Wildman–Crippen LogP) is 0.261. The summed E-state index contributed by atoms with van der Waals surface area (Å²) in [7, 11) is -1.67. The molecule has 25 heavy (non-hydrogen) atoms. The summed E-state index contributed by atoms with van der Waals surface area (Å²) in [5.74, 6) is -1.06. The first kappa shape index (κ1) is 18.8. The predicted molar refractivity (Wildman–Crippen MR) is 89.9 cm³/mol. The summed E-state index contributed by atoms with van der Waals surface area (Å²) < 4.78 is 32.4. The average molecular weight is 369 g/mol. The van der Waals surface area contributed by atoms with E-state index >= 15 is 0 Å². The fourth-order valence-electron chi connectivity index (χ4n) is 2.33. The number of ether oxygens (including phenoxy) is 2. The van der Waals surface area contributed by atoms with Crippen molar-refractivity contribution in [1.29, 1.82) is 0 Å². The summed E-state index contributed by atoms with van der Waals surface area (Å²) in [5.41, 5.74) is 0.604. The minimum atomic E-state index is -3.08. The Kier molecular flexibility index (Phi) is 6.02. The number of carbonyl (C=O) groups is 2. The molecule has 2 N–H and O–H groups in total. The maximum absolute atomic E-state index is 11.7. The molecule has 1 unspecified atom stereocenters. The number of amides is 1. The van der Waals surface area contributed by atoms with Gasteiger partial charge in [-0.1, -0.05) is 6.07 Å². The highest BCUT2D eigenvalue weighted by Crippen LogP contribution is 2.26. The lowest BCUT2D eigenvalue weighted by Crippen LogP contribution is -2.38. The van der Waals surface area contributed by atoms with Gasteiger partial charge in [-0.2, -0.15) is 0 Å². The summed E-state index contributed by atoms with van der Waals surface area (Å²) in [6.07, 6.45) is 2.95. The third-order valence-corrected chi connectivity index (χ3v) is 5.33. The van der Waals surface area contributed by atoms with Crippen molar-refractivity contribution in [1.82, 2.24) is 5.32 Å². The normalized spacial score (nSPS) is 18.8. The highest BCUT2D eigenvalue weighted by molar-refractivity contribution is 7.91. The van der Waals surface area contributed by atoms with Gasteiger partial charge in [0.25, 0.3) is 5.91 Å². The Hall–Kier alpha value is -2.55. The molecule has 136 valence electrons. The van der Waals surface area contributed by atoms with Crippen molar-refractivity contribution in [3.63, 3.8) is 0 Å². The third-order valence-electron chi connectivity index (χ3n) is 3.56. The molecule has 1 aliphatic rings. The number of rotatable bonds is 6. The van der Waals surface area contributed by atoms with Gasteiger partial charge in [0.05, 0.1) is 18.6 Å². The van der Waals surface area contributed by atoms with Gasteiger partial charge in [-0.3, -0.25) is 4.79 Å². The summed E-state index contributed by atoms with van der Waals surface area (Å²) in [5, 5.41) is 12.0. The van der Waals surface area contributed by atoms with Crippen LogP contribution in [0.25, 0.3) is 6.08 Å². The van der Waals surface area contributed by atoms with Crippen molar-refractivity contribution in [2.45, 2.75) is 12.5 Å². The topological polar surface area (TPSA) is 119 Å². The largest absolute Gasteiger partial charge is 0.504 e. The van der Waals surface area contributed by atoms with Crippen molar-refractivity contribution in [2.24, 2.45) is 0 Å². The van der Waals surface area contributed by atoms with Gasteiger partial charge in [0.1, 0.15) is 0 Å². The molecule has 1 fully saturated rings. The lowest BCUT2D eigenvalue weighted by Gasteiger charge is -2.10. The van der Waals surface area contributed by atoms with Crippen LogP contribution in [0.3, 0.4) is 0 Å². The number of hydrogen-bond acceptors (Lipinski definition) is 7. The first-order valence-electron chi connectivity index (χ1n) is 7.51. The zero-order valence-electron chi connectivity index (χ0n) is 13.6. The maximum atomic E-state index is 11.7. The van der Waals surface area contributed by atoms with E-state index < -0.39 is 34.4 Å². The van der Waals surface area contributed by atoms with Crippen LogP contribution in [0.5, 0.6) is 11.5 Å². The number of esters is 1. The number of aromatic hydroxyl groups is 1. The molecule has 8 nitrogen and oxygen atoms in total. The molecule has 0 aromatic heterocycles. The molecule has 1 heterocycles. The van der Waals surface area contributed by atoms with Gasteiger partial charge in [-0.25, -0.2) is 13.2 Å². The van der Waals surface area contributed by atoms with Gasteiger partial charge in [0, 0.05) is 12.1 Å². The molecule has 0 radical (unpaired) electrons. The van der Waals surface area contributed by atoms with Gasteiger partial charge in [-0.05, 0) is 30.2 Å². The minimum absolute atomic E-state index is 0.0205. The van der Waals surface area contributed by atoms with Crippen LogP contribution in [0, 0.1) is 0 Å². The van der Waals surface area contributed by atoms with Crippen LogP contribution in [-0.4, -0.2) is 56.7 Å². The Labute approximate surface area is 145 Å². The van der Waals surface area contributed by atoms with Crippen LogP contribution in [0.4, 0.5) is 0 Å². The van der Waals surface area contributed by atoms with Gasteiger partial charge in [-0.15, -0.1) is 0 Å². The van der Waals surface area contributed by atoms with Crippen LogP contribution in [0.15, 0.2) is 24.3 Å². The second kappa shape index (κ2) is 8.02. The molecule has 9 heteroatoms. The Morgan fingerprint density at radius 2 is 2.16 bits per heavy atom.